The van der Waals surface area contributed by atoms with Gasteiger partial charge in [0.05, 0.1) is 6.61 Å². The maximum Gasteiger partial charge on any atom is 0.127 e. The van der Waals surface area contributed by atoms with Crippen LogP contribution in [-0.4, -0.2) is 6.61 Å². The molecule has 1 aromatic rings. The first-order valence-electron chi connectivity index (χ1n) is 4.00. The molecule has 1 saturated heterocycles. The average molecular weight is 158 g/mol. The smallest absolute Gasteiger partial charge is 0.127 e. The fourth-order valence-corrected chi connectivity index (χ4v) is 1.36. The Balaban J connectivity index is 2.26. The van der Waals surface area contributed by atoms with Gasteiger partial charge in [-0.1, -0.05) is 30.3 Å². The number of terminal acetylenes is 1. The quantitative estimate of drug-likeness (QED) is 0.473. The van der Waals surface area contributed by atoms with Crippen LogP contribution in [0.4, 0.5) is 0 Å². The summed E-state index contributed by atoms with van der Waals surface area (Å²) in [6.07, 6.45) is 5.94. The van der Waals surface area contributed by atoms with Gasteiger partial charge in [0.1, 0.15) is 5.60 Å². The van der Waals surface area contributed by atoms with Crippen LogP contribution in [0.25, 0.3) is 0 Å². The fraction of sp³-hybridized carbons (Fsp3) is 0.273. The highest BCUT2D eigenvalue weighted by Crippen LogP contribution is 2.41. The molecule has 0 aromatic heterocycles. The molecule has 12 heavy (non-hydrogen) atoms. The van der Waals surface area contributed by atoms with E-state index in [1.807, 2.05) is 18.2 Å². The second-order valence-corrected chi connectivity index (χ2v) is 3.03. The summed E-state index contributed by atoms with van der Waals surface area (Å²) in [6, 6.07) is 10.1. The van der Waals surface area contributed by atoms with Crippen molar-refractivity contribution in [2.75, 3.05) is 6.61 Å². The molecule has 1 heterocycles. The van der Waals surface area contributed by atoms with Crippen molar-refractivity contribution in [3.8, 4) is 12.3 Å². The third kappa shape index (κ3) is 1.11. The maximum absolute atomic E-state index is 5.38. The minimum absolute atomic E-state index is 0.143. The molecule has 0 radical (unpaired) electrons. The summed E-state index contributed by atoms with van der Waals surface area (Å²) in [5, 5.41) is 0. The Morgan fingerprint density at radius 1 is 1.42 bits per heavy atom. The van der Waals surface area contributed by atoms with Gasteiger partial charge in [0.2, 0.25) is 0 Å². The van der Waals surface area contributed by atoms with Crippen LogP contribution in [0.3, 0.4) is 0 Å². The van der Waals surface area contributed by atoms with E-state index in [-0.39, 0.29) is 5.60 Å². The topological polar surface area (TPSA) is 12.5 Å². The summed E-state index contributed by atoms with van der Waals surface area (Å²) in [4.78, 5) is 0. The summed E-state index contributed by atoms with van der Waals surface area (Å²) in [5.41, 5.74) is 1.05. The Morgan fingerprint density at radius 2 is 2.08 bits per heavy atom. The van der Waals surface area contributed by atoms with E-state index in [9.17, 15) is 0 Å². The van der Waals surface area contributed by atoms with Gasteiger partial charge in [0.25, 0.3) is 0 Å². The molecule has 2 rings (SSSR count). The van der Waals surface area contributed by atoms with Crippen molar-refractivity contribution in [2.24, 2.45) is 0 Å². The van der Waals surface area contributed by atoms with Gasteiger partial charge in [-0.15, -0.1) is 12.3 Å². The van der Waals surface area contributed by atoms with Crippen molar-refractivity contribution in [1.82, 2.24) is 0 Å². The Morgan fingerprint density at radius 3 is 2.58 bits per heavy atom. The van der Waals surface area contributed by atoms with E-state index < -0.39 is 0 Å². The monoisotopic (exact) mass is 158 g/mol. The fourth-order valence-electron chi connectivity index (χ4n) is 1.36. The molecule has 60 valence electrons. The first-order valence-corrected chi connectivity index (χ1v) is 4.00. The zero-order valence-electron chi connectivity index (χ0n) is 6.79. The molecule has 0 N–H and O–H groups in total. The Kier molecular flexibility index (Phi) is 1.64. The SMILES string of the molecule is C#CCC1(c2ccccc2)CO1. The van der Waals surface area contributed by atoms with Crippen molar-refractivity contribution in [3.63, 3.8) is 0 Å². The second kappa shape index (κ2) is 2.66. The highest BCUT2D eigenvalue weighted by atomic mass is 16.6. The third-order valence-electron chi connectivity index (χ3n) is 2.18. The van der Waals surface area contributed by atoms with Gasteiger partial charge in [-0.05, 0) is 5.56 Å². The zero-order chi connectivity index (χ0) is 8.44. The standard InChI is InChI=1S/C11H10O/c1-2-8-11(9-12-11)10-6-4-3-5-7-10/h1,3-7H,8-9H2. The lowest BCUT2D eigenvalue weighted by Crippen LogP contribution is -2.06. The van der Waals surface area contributed by atoms with Crippen LogP contribution >= 0.6 is 0 Å². The van der Waals surface area contributed by atoms with Crippen molar-refractivity contribution in [1.29, 1.82) is 0 Å². The van der Waals surface area contributed by atoms with Crippen molar-refractivity contribution < 1.29 is 4.74 Å². The predicted octanol–water partition coefficient (Wildman–Crippen LogP) is 1.94. The molecule has 0 bridgehead atoms. The minimum Gasteiger partial charge on any atom is -0.363 e. The van der Waals surface area contributed by atoms with Crippen molar-refractivity contribution in [3.05, 3.63) is 35.9 Å². The molecule has 0 aliphatic carbocycles. The summed E-state index contributed by atoms with van der Waals surface area (Å²) >= 11 is 0. The molecule has 1 nitrogen and oxygen atoms in total. The summed E-state index contributed by atoms with van der Waals surface area (Å²) < 4.78 is 5.38. The first kappa shape index (κ1) is 7.39. The van der Waals surface area contributed by atoms with Crippen LogP contribution in [0.1, 0.15) is 12.0 Å². The van der Waals surface area contributed by atoms with Gasteiger partial charge >= 0.3 is 0 Å². The van der Waals surface area contributed by atoms with E-state index in [0.29, 0.717) is 6.42 Å². The van der Waals surface area contributed by atoms with Crippen LogP contribution in [-0.2, 0) is 10.3 Å². The van der Waals surface area contributed by atoms with Gasteiger partial charge in [0.15, 0.2) is 0 Å². The van der Waals surface area contributed by atoms with E-state index in [0.717, 1.165) is 6.61 Å². The van der Waals surface area contributed by atoms with Gasteiger partial charge in [0, 0.05) is 6.42 Å². The molecule has 0 saturated carbocycles. The maximum atomic E-state index is 5.38. The number of hydrogen-bond donors (Lipinski definition) is 0. The molecule has 1 heteroatoms. The molecular weight excluding hydrogens is 148 g/mol. The lowest BCUT2D eigenvalue weighted by Gasteiger charge is -2.07. The van der Waals surface area contributed by atoms with Gasteiger partial charge in [-0.2, -0.15) is 0 Å². The largest absolute Gasteiger partial charge is 0.363 e. The van der Waals surface area contributed by atoms with Gasteiger partial charge in [-0.25, -0.2) is 0 Å². The molecule has 1 fully saturated rings. The molecule has 1 aliphatic heterocycles. The third-order valence-corrected chi connectivity index (χ3v) is 2.18. The summed E-state index contributed by atoms with van der Waals surface area (Å²) in [6.45, 7) is 0.765. The van der Waals surface area contributed by atoms with E-state index in [2.05, 4.69) is 18.1 Å². The van der Waals surface area contributed by atoms with Crippen LogP contribution in [0, 0.1) is 12.3 Å². The molecule has 1 aromatic carbocycles. The second-order valence-electron chi connectivity index (χ2n) is 3.03. The number of epoxide rings is 1. The minimum atomic E-state index is -0.143. The van der Waals surface area contributed by atoms with E-state index in [1.165, 1.54) is 5.56 Å². The van der Waals surface area contributed by atoms with E-state index in [4.69, 9.17) is 11.2 Å². The van der Waals surface area contributed by atoms with Gasteiger partial charge < -0.3 is 4.74 Å². The van der Waals surface area contributed by atoms with Crippen LogP contribution < -0.4 is 0 Å². The Hall–Kier alpha value is -1.26. The lowest BCUT2D eigenvalue weighted by molar-refractivity contribution is 0.313. The highest BCUT2D eigenvalue weighted by Gasteiger charge is 2.45. The Labute approximate surface area is 72.4 Å². The number of rotatable bonds is 2. The predicted molar refractivity (Wildman–Crippen MR) is 47.5 cm³/mol. The van der Waals surface area contributed by atoms with Crippen LogP contribution in [0.2, 0.25) is 0 Å². The van der Waals surface area contributed by atoms with Gasteiger partial charge in [-0.3, -0.25) is 0 Å². The molecule has 0 spiro atoms. The average Bonchev–Trinajstić information content (AvgIpc) is 2.88. The Bertz CT molecular complexity index is 304. The highest BCUT2D eigenvalue weighted by molar-refractivity contribution is 5.28. The summed E-state index contributed by atoms with van der Waals surface area (Å²) in [7, 11) is 0. The van der Waals surface area contributed by atoms with Crippen LogP contribution in [0.15, 0.2) is 30.3 Å². The lowest BCUT2D eigenvalue weighted by atomic mass is 9.97. The van der Waals surface area contributed by atoms with Crippen LogP contribution in [0.5, 0.6) is 0 Å². The normalized spacial score (nSPS) is 26.2. The molecular formula is C11H10O. The molecule has 1 aliphatic rings. The molecule has 0 amide bonds. The van der Waals surface area contributed by atoms with Crippen molar-refractivity contribution >= 4 is 0 Å². The molecule has 1 unspecified atom stereocenters. The number of hydrogen-bond acceptors (Lipinski definition) is 1. The zero-order valence-corrected chi connectivity index (χ0v) is 6.79. The molecule has 1 atom stereocenters. The summed E-state index contributed by atoms with van der Waals surface area (Å²) in [5.74, 6) is 2.64. The van der Waals surface area contributed by atoms with E-state index in [1.54, 1.807) is 0 Å². The number of ether oxygens (including phenoxy) is 1. The van der Waals surface area contributed by atoms with Crippen molar-refractivity contribution in [2.45, 2.75) is 12.0 Å². The first-order chi connectivity index (χ1) is 5.87. The van der Waals surface area contributed by atoms with E-state index >= 15 is 0 Å². The number of benzene rings is 1.